The molecule has 1 aliphatic heterocycles. The Labute approximate surface area is 103 Å². The van der Waals surface area contributed by atoms with E-state index in [9.17, 15) is 4.79 Å². The minimum absolute atomic E-state index is 0.00431. The molecule has 0 aromatic carbocycles. The van der Waals surface area contributed by atoms with Crippen LogP contribution in [0.3, 0.4) is 0 Å². The molecule has 0 spiro atoms. The summed E-state index contributed by atoms with van der Waals surface area (Å²) in [5.74, 6) is 2.46. The fourth-order valence-corrected chi connectivity index (χ4v) is 2.73. The van der Waals surface area contributed by atoms with Gasteiger partial charge in [0.15, 0.2) is 0 Å². The number of thioether (sulfide) groups is 1. The fraction of sp³-hybridized carbons (Fsp3) is 0.917. The Bertz CT molecular complexity index is 211. The van der Waals surface area contributed by atoms with E-state index < -0.39 is 0 Å². The van der Waals surface area contributed by atoms with Crippen molar-refractivity contribution in [3.05, 3.63) is 0 Å². The van der Waals surface area contributed by atoms with E-state index in [0.29, 0.717) is 6.61 Å². The largest absolute Gasteiger partial charge is 0.466 e. The summed E-state index contributed by atoms with van der Waals surface area (Å²) in [6.07, 6.45) is 2.12. The summed E-state index contributed by atoms with van der Waals surface area (Å²) >= 11 is 1.96. The lowest BCUT2D eigenvalue weighted by Gasteiger charge is -2.31. The van der Waals surface area contributed by atoms with Gasteiger partial charge in [-0.1, -0.05) is 6.92 Å². The van der Waals surface area contributed by atoms with E-state index in [4.69, 9.17) is 4.74 Å². The van der Waals surface area contributed by atoms with Crippen LogP contribution in [0, 0.1) is 5.92 Å². The molecule has 1 fully saturated rings. The third-order valence-electron chi connectivity index (χ3n) is 2.88. The second kappa shape index (κ2) is 7.96. The van der Waals surface area contributed by atoms with Gasteiger partial charge in [-0.05, 0) is 32.1 Å². The van der Waals surface area contributed by atoms with Gasteiger partial charge in [0, 0.05) is 18.8 Å². The number of carbonyl (C=O) groups excluding carboxylic acids is 1. The van der Waals surface area contributed by atoms with Gasteiger partial charge in [0.2, 0.25) is 0 Å². The Hall–Kier alpha value is -0.220. The SMILES string of the molecule is CCOC(=O)[C@H]1CCCN(CCSCC)C1. The molecule has 1 aliphatic rings. The normalized spacial score (nSPS) is 22.0. The Kier molecular flexibility index (Phi) is 6.88. The van der Waals surface area contributed by atoms with Crippen LogP contribution in [0.5, 0.6) is 0 Å². The molecule has 0 radical (unpaired) electrons. The van der Waals surface area contributed by atoms with Crippen LogP contribution in [0.1, 0.15) is 26.7 Å². The first kappa shape index (κ1) is 13.8. The zero-order chi connectivity index (χ0) is 11.8. The molecular formula is C12H23NO2S. The van der Waals surface area contributed by atoms with Gasteiger partial charge in [-0.3, -0.25) is 4.79 Å². The van der Waals surface area contributed by atoms with Crippen LogP contribution in [0.25, 0.3) is 0 Å². The number of carbonyl (C=O) groups is 1. The molecule has 0 bridgehead atoms. The van der Waals surface area contributed by atoms with Crippen LogP contribution >= 0.6 is 11.8 Å². The van der Waals surface area contributed by atoms with Crippen LogP contribution in [0.15, 0.2) is 0 Å². The fourth-order valence-electron chi connectivity index (χ4n) is 2.05. The quantitative estimate of drug-likeness (QED) is 0.529. The van der Waals surface area contributed by atoms with Crippen molar-refractivity contribution in [1.29, 1.82) is 0 Å². The maximum absolute atomic E-state index is 11.6. The highest BCUT2D eigenvalue weighted by Crippen LogP contribution is 2.18. The van der Waals surface area contributed by atoms with Crippen molar-refractivity contribution in [1.82, 2.24) is 4.90 Å². The second-order valence-corrected chi connectivity index (χ2v) is 5.48. The number of likely N-dealkylation sites (tertiary alicyclic amines) is 1. The molecule has 0 aromatic heterocycles. The maximum Gasteiger partial charge on any atom is 0.310 e. The summed E-state index contributed by atoms with van der Waals surface area (Å²) in [6, 6.07) is 0. The highest BCUT2D eigenvalue weighted by molar-refractivity contribution is 7.99. The average Bonchev–Trinajstić information content (AvgIpc) is 2.30. The summed E-state index contributed by atoms with van der Waals surface area (Å²) in [5.41, 5.74) is 0. The molecule has 0 unspecified atom stereocenters. The molecule has 94 valence electrons. The summed E-state index contributed by atoms with van der Waals surface area (Å²) in [5, 5.41) is 0. The molecule has 1 saturated heterocycles. The molecule has 1 heterocycles. The van der Waals surface area contributed by atoms with Crippen molar-refractivity contribution in [2.45, 2.75) is 26.7 Å². The molecule has 3 nitrogen and oxygen atoms in total. The lowest BCUT2D eigenvalue weighted by Crippen LogP contribution is -2.40. The third kappa shape index (κ3) is 4.74. The Morgan fingerprint density at radius 1 is 1.50 bits per heavy atom. The van der Waals surface area contributed by atoms with Crippen molar-refractivity contribution < 1.29 is 9.53 Å². The topological polar surface area (TPSA) is 29.5 Å². The predicted octanol–water partition coefficient (Wildman–Crippen LogP) is 2.01. The Balaban J connectivity index is 2.26. The minimum Gasteiger partial charge on any atom is -0.466 e. The molecule has 0 aliphatic carbocycles. The highest BCUT2D eigenvalue weighted by Gasteiger charge is 2.26. The van der Waals surface area contributed by atoms with Crippen molar-refractivity contribution >= 4 is 17.7 Å². The first-order chi connectivity index (χ1) is 7.77. The lowest BCUT2D eigenvalue weighted by molar-refractivity contribution is -0.149. The third-order valence-corrected chi connectivity index (χ3v) is 3.76. The molecule has 1 atom stereocenters. The molecule has 0 saturated carbocycles. The monoisotopic (exact) mass is 245 g/mol. The Morgan fingerprint density at radius 3 is 3.00 bits per heavy atom. The van der Waals surface area contributed by atoms with Gasteiger partial charge in [0.25, 0.3) is 0 Å². The smallest absolute Gasteiger partial charge is 0.310 e. The number of hydrogen-bond donors (Lipinski definition) is 0. The van der Waals surface area contributed by atoms with Crippen LogP contribution in [0.4, 0.5) is 0 Å². The predicted molar refractivity (Wildman–Crippen MR) is 68.8 cm³/mol. The number of ether oxygens (including phenoxy) is 1. The van der Waals surface area contributed by atoms with Gasteiger partial charge >= 0.3 is 5.97 Å². The van der Waals surface area contributed by atoms with Gasteiger partial charge in [-0.15, -0.1) is 0 Å². The summed E-state index contributed by atoms with van der Waals surface area (Å²) in [7, 11) is 0. The van der Waals surface area contributed by atoms with Gasteiger partial charge in [0.1, 0.15) is 0 Å². The average molecular weight is 245 g/mol. The van der Waals surface area contributed by atoms with E-state index in [1.807, 2.05) is 18.7 Å². The summed E-state index contributed by atoms with van der Waals surface area (Å²) in [6.45, 7) is 7.69. The Morgan fingerprint density at radius 2 is 2.31 bits per heavy atom. The first-order valence-electron chi connectivity index (χ1n) is 6.24. The number of hydrogen-bond acceptors (Lipinski definition) is 4. The maximum atomic E-state index is 11.6. The zero-order valence-corrected chi connectivity index (χ0v) is 11.2. The van der Waals surface area contributed by atoms with E-state index in [-0.39, 0.29) is 11.9 Å². The number of piperidine rings is 1. The van der Waals surface area contributed by atoms with Gasteiger partial charge in [-0.2, -0.15) is 11.8 Å². The lowest BCUT2D eigenvalue weighted by atomic mass is 9.98. The van der Waals surface area contributed by atoms with Gasteiger partial charge in [0.05, 0.1) is 12.5 Å². The van der Waals surface area contributed by atoms with Crippen LogP contribution in [-0.4, -0.2) is 48.6 Å². The zero-order valence-electron chi connectivity index (χ0n) is 10.4. The number of nitrogens with zero attached hydrogens (tertiary/aromatic N) is 1. The minimum atomic E-state index is -0.00431. The molecule has 0 aromatic rings. The van der Waals surface area contributed by atoms with E-state index in [1.165, 1.54) is 11.5 Å². The van der Waals surface area contributed by atoms with Crippen molar-refractivity contribution in [3.8, 4) is 0 Å². The standard InChI is InChI=1S/C12H23NO2S/c1-3-15-12(14)11-6-5-7-13(10-11)8-9-16-4-2/h11H,3-10H2,1-2H3/t11-/m0/s1. The molecule has 0 amide bonds. The van der Waals surface area contributed by atoms with Gasteiger partial charge in [-0.25, -0.2) is 0 Å². The molecule has 0 N–H and O–H groups in total. The van der Waals surface area contributed by atoms with Crippen LogP contribution in [0.2, 0.25) is 0 Å². The van der Waals surface area contributed by atoms with Gasteiger partial charge < -0.3 is 9.64 Å². The molecular weight excluding hydrogens is 222 g/mol. The summed E-state index contributed by atoms with van der Waals surface area (Å²) < 4.78 is 5.08. The number of esters is 1. The van der Waals surface area contributed by atoms with Crippen LogP contribution in [-0.2, 0) is 9.53 Å². The van der Waals surface area contributed by atoms with Crippen molar-refractivity contribution in [2.24, 2.45) is 5.92 Å². The number of rotatable bonds is 6. The van der Waals surface area contributed by atoms with Crippen LogP contribution < -0.4 is 0 Å². The first-order valence-corrected chi connectivity index (χ1v) is 7.40. The highest BCUT2D eigenvalue weighted by atomic mass is 32.2. The van der Waals surface area contributed by atoms with Crippen molar-refractivity contribution in [2.75, 3.05) is 37.7 Å². The van der Waals surface area contributed by atoms with Crippen molar-refractivity contribution in [3.63, 3.8) is 0 Å². The van der Waals surface area contributed by atoms with E-state index in [1.54, 1.807) is 0 Å². The molecule has 1 rings (SSSR count). The van der Waals surface area contributed by atoms with E-state index in [2.05, 4.69) is 11.8 Å². The molecule has 16 heavy (non-hydrogen) atoms. The second-order valence-electron chi connectivity index (χ2n) is 4.09. The van der Waals surface area contributed by atoms with E-state index >= 15 is 0 Å². The van der Waals surface area contributed by atoms with E-state index in [0.717, 1.165) is 32.5 Å². The summed E-state index contributed by atoms with van der Waals surface area (Å²) in [4.78, 5) is 14.0. The molecule has 4 heteroatoms.